The highest BCUT2D eigenvalue weighted by Gasteiger charge is 2.26. The SMILES string of the molecule is C=CC[C@@H](C(=O)OC)[C@H](O)CCc1ccccc1. The van der Waals surface area contributed by atoms with Gasteiger partial charge in [-0.05, 0) is 24.8 Å². The first-order chi connectivity index (χ1) is 8.69. The standard InChI is InChI=1S/C15H20O3/c1-3-7-13(15(17)18-2)14(16)11-10-12-8-5-4-6-9-12/h3-6,8-9,13-14,16H,1,7,10-11H2,2H3/t13-,14-/m1/s1. The summed E-state index contributed by atoms with van der Waals surface area (Å²) < 4.78 is 4.69. The smallest absolute Gasteiger partial charge is 0.311 e. The Morgan fingerprint density at radius 1 is 1.44 bits per heavy atom. The number of rotatable bonds is 7. The highest BCUT2D eigenvalue weighted by Crippen LogP contribution is 2.17. The third-order valence-electron chi connectivity index (χ3n) is 2.96. The summed E-state index contributed by atoms with van der Waals surface area (Å²) >= 11 is 0. The monoisotopic (exact) mass is 248 g/mol. The summed E-state index contributed by atoms with van der Waals surface area (Å²) in [6.45, 7) is 3.60. The molecule has 18 heavy (non-hydrogen) atoms. The Bertz CT molecular complexity index is 373. The summed E-state index contributed by atoms with van der Waals surface area (Å²) in [5.74, 6) is -0.897. The molecule has 3 nitrogen and oxygen atoms in total. The number of methoxy groups -OCH3 is 1. The molecule has 0 aliphatic carbocycles. The topological polar surface area (TPSA) is 46.5 Å². The lowest BCUT2D eigenvalue weighted by Crippen LogP contribution is -2.29. The van der Waals surface area contributed by atoms with E-state index < -0.39 is 12.0 Å². The zero-order chi connectivity index (χ0) is 13.4. The Labute approximate surface area is 108 Å². The van der Waals surface area contributed by atoms with E-state index in [1.807, 2.05) is 30.3 Å². The lowest BCUT2D eigenvalue weighted by atomic mass is 9.93. The number of esters is 1. The summed E-state index contributed by atoms with van der Waals surface area (Å²) in [6.07, 6.45) is 2.65. The van der Waals surface area contributed by atoms with Crippen molar-refractivity contribution < 1.29 is 14.6 Å². The van der Waals surface area contributed by atoms with Gasteiger partial charge in [0.2, 0.25) is 0 Å². The number of hydrogen-bond acceptors (Lipinski definition) is 3. The molecule has 3 heteroatoms. The first kappa shape index (κ1) is 14.5. The fraction of sp³-hybridized carbons (Fsp3) is 0.400. The Kier molecular flexibility index (Phi) is 6.15. The molecule has 0 aliphatic heterocycles. The highest BCUT2D eigenvalue weighted by molar-refractivity contribution is 5.73. The number of aliphatic hydroxyl groups is 1. The van der Waals surface area contributed by atoms with Crippen LogP contribution >= 0.6 is 0 Å². The van der Waals surface area contributed by atoms with Crippen LogP contribution in [0.15, 0.2) is 43.0 Å². The molecule has 0 amide bonds. The van der Waals surface area contributed by atoms with E-state index in [0.29, 0.717) is 12.8 Å². The van der Waals surface area contributed by atoms with Gasteiger partial charge in [-0.2, -0.15) is 0 Å². The largest absolute Gasteiger partial charge is 0.469 e. The average Bonchev–Trinajstić information content (AvgIpc) is 2.42. The van der Waals surface area contributed by atoms with Gasteiger partial charge in [0.15, 0.2) is 0 Å². The van der Waals surface area contributed by atoms with E-state index in [2.05, 4.69) is 6.58 Å². The first-order valence-electron chi connectivity index (χ1n) is 6.09. The van der Waals surface area contributed by atoms with Crippen molar-refractivity contribution in [2.45, 2.75) is 25.4 Å². The van der Waals surface area contributed by atoms with Gasteiger partial charge < -0.3 is 9.84 Å². The number of aryl methyl sites for hydroxylation is 1. The van der Waals surface area contributed by atoms with Crippen molar-refractivity contribution in [3.8, 4) is 0 Å². The number of allylic oxidation sites excluding steroid dienone is 1. The van der Waals surface area contributed by atoms with Crippen molar-refractivity contribution in [2.75, 3.05) is 7.11 Å². The number of hydrogen-bond donors (Lipinski definition) is 1. The molecule has 0 aromatic heterocycles. The molecule has 0 saturated carbocycles. The van der Waals surface area contributed by atoms with Crippen LogP contribution < -0.4 is 0 Å². The van der Waals surface area contributed by atoms with E-state index >= 15 is 0 Å². The number of carbonyl (C=O) groups is 1. The molecule has 1 N–H and O–H groups in total. The third-order valence-corrected chi connectivity index (χ3v) is 2.96. The van der Waals surface area contributed by atoms with Gasteiger partial charge in [0.1, 0.15) is 0 Å². The van der Waals surface area contributed by atoms with Crippen molar-refractivity contribution in [3.63, 3.8) is 0 Å². The van der Waals surface area contributed by atoms with Crippen LogP contribution in [0.1, 0.15) is 18.4 Å². The fourth-order valence-electron chi connectivity index (χ4n) is 1.90. The van der Waals surface area contributed by atoms with Gasteiger partial charge in [-0.3, -0.25) is 4.79 Å². The van der Waals surface area contributed by atoms with Crippen LogP contribution in [0.25, 0.3) is 0 Å². The van der Waals surface area contributed by atoms with Gasteiger partial charge >= 0.3 is 5.97 Å². The predicted molar refractivity (Wildman–Crippen MR) is 71.1 cm³/mol. The van der Waals surface area contributed by atoms with Gasteiger partial charge in [0.25, 0.3) is 0 Å². The second kappa shape index (κ2) is 7.67. The molecule has 0 fully saturated rings. The molecule has 2 atom stereocenters. The van der Waals surface area contributed by atoms with Crippen LogP contribution in [0, 0.1) is 5.92 Å². The number of benzene rings is 1. The van der Waals surface area contributed by atoms with Crippen molar-refractivity contribution in [2.24, 2.45) is 5.92 Å². The van der Waals surface area contributed by atoms with E-state index in [0.717, 1.165) is 12.0 Å². The van der Waals surface area contributed by atoms with Crippen LogP contribution in [0.3, 0.4) is 0 Å². The molecule has 1 aromatic carbocycles. The van der Waals surface area contributed by atoms with Crippen molar-refractivity contribution in [1.82, 2.24) is 0 Å². The summed E-state index contributed by atoms with van der Waals surface area (Å²) in [5.41, 5.74) is 1.15. The zero-order valence-corrected chi connectivity index (χ0v) is 10.7. The minimum atomic E-state index is -0.698. The highest BCUT2D eigenvalue weighted by atomic mass is 16.5. The predicted octanol–water partition coefficient (Wildman–Crippen LogP) is 2.35. The Hall–Kier alpha value is -1.61. The summed E-state index contributed by atoms with van der Waals surface area (Å²) in [4.78, 5) is 11.5. The molecular weight excluding hydrogens is 228 g/mol. The molecule has 98 valence electrons. The maximum Gasteiger partial charge on any atom is 0.311 e. The van der Waals surface area contributed by atoms with E-state index in [1.54, 1.807) is 6.08 Å². The Morgan fingerprint density at radius 2 is 2.11 bits per heavy atom. The van der Waals surface area contributed by atoms with E-state index in [4.69, 9.17) is 4.74 Å². The van der Waals surface area contributed by atoms with Crippen LogP contribution in [-0.2, 0) is 16.0 Å². The minimum Gasteiger partial charge on any atom is -0.469 e. The van der Waals surface area contributed by atoms with Crippen molar-refractivity contribution in [1.29, 1.82) is 0 Å². The quantitative estimate of drug-likeness (QED) is 0.595. The van der Waals surface area contributed by atoms with Gasteiger partial charge in [-0.25, -0.2) is 0 Å². The fourth-order valence-corrected chi connectivity index (χ4v) is 1.90. The number of aliphatic hydroxyl groups excluding tert-OH is 1. The average molecular weight is 248 g/mol. The molecule has 0 aliphatic rings. The Morgan fingerprint density at radius 3 is 2.67 bits per heavy atom. The molecule has 0 heterocycles. The lowest BCUT2D eigenvalue weighted by Gasteiger charge is -2.19. The zero-order valence-electron chi connectivity index (χ0n) is 10.7. The lowest BCUT2D eigenvalue weighted by molar-refractivity contribution is -0.149. The van der Waals surface area contributed by atoms with Crippen LogP contribution in [0.4, 0.5) is 0 Å². The summed E-state index contributed by atoms with van der Waals surface area (Å²) in [6, 6.07) is 9.89. The molecule has 0 radical (unpaired) electrons. The van der Waals surface area contributed by atoms with Gasteiger partial charge in [0, 0.05) is 0 Å². The minimum absolute atomic E-state index is 0.379. The van der Waals surface area contributed by atoms with Crippen LogP contribution in [-0.4, -0.2) is 24.3 Å². The maximum atomic E-state index is 11.5. The van der Waals surface area contributed by atoms with E-state index in [-0.39, 0.29) is 5.97 Å². The molecule has 0 saturated heterocycles. The second-order valence-electron chi connectivity index (χ2n) is 4.25. The Balaban J connectivity index is 2.53. The van der Waals surface area contributed by atoms with Crippen molar-refractivity contribution in [3.05, 3.63) is 48.6 Å². The van der Waals surface area contributed by atoms with E-state index in [9.17, 15) is 9.90 Å². The van der Waals surface area contributed by atoms with Gasteiger partial charge in [-0.1, -0.05) is 36.4 Å². The molecule has 0 spiro atoms. The number of carbonyl (C=O) groups excluding carboxylic acids is 1. The third kappa shape index (κ3) is 4.34. The molecule has 1 rings (SSSR count). The van der Waals surface area contributed by atoms with Gasteiger partial charge in [0.05, 0.1) is 19.1 Å². The normalized spacial score (nSPS) is 13.7. The summed E-state index contributed by atoms with van der Waals surface area (Å²) in [7, 11) is 1.34. The molecular formula is C15H20O3. The maximum absolute atomic E-state index is 11.5. The van der Waals surface area contributed by atoms with E-state index in [1.165, 1.54) is 7.11 Å². The molecule has 0 bridgehead atoms. The molecule has 1 aromatic rings. The van der Waals surface area contributed by atoms with Crippen LogP contribution in [0.5, 0.6) is 0 Å². The van der Waals surface area contributed by atoms with Gasteiger partial charge in [-0.15, -0.1) is 6.58 Å². The molecule has 0 unspecified atom stereocenters. The van der Waals surface area contributed by atoms with Crippen LogP contribution in [0.2, 0.25) is 0 Å². The van der Waals surface area contributed by atoms with Crippen molar-refractivity contribution >= 4 is 5.97 Å². The second-order valence-corrected chi connectivity index (χ2v) is 4.25. The number of ether oxygens (including phenoxy) is 1. The first-order valence-corrected chi connectivity index (χ1v) is 6.09. The summed E-state index contributed by atoms with van der Waals surface area (Å²) in [5, 5.41) is 10.1.